The van der Waals surface area contributed by atoms with E-state index < -0.39 is 21.6 Å². The first-order valence-corrected chi connectivity index (χ1v) is 7.34. The highest BCUT2D eigenvalue weighted by Crippen LogP contribution is 2.49. The first kappa shape index (κ1) is 12.8. The van der Waals surface area contributed by atoms with E-state index in [9.17, 15) is 18.3 Å². The van der Waals surface area contributed by atoms with Crippen LogP contribution >= 0.6 is 0 Å². The van der Waals surface area contributed by atoms with E-state index in [1.54, 1.807) is 6.92 Å². The van der Waals surface area contributed by atoms with E-state index >= 15 is 0 Å². The summed E-state index contributed by atoms with van der Waals surface area (Å²) in [5.41, 5.74) is -0.845. The molecule has 2 atom stereocenters. The van der Waals surface area contributed by atoms with Crippen LogP contribution < -0.4 is 4.72 Å². The summed E-state index contributed by atoms with van der Waals surface area (Å²) in [4.78, 5) is 11.4. The van der Waals surface area contributed by atoms with Crippen molar-refractivity contribution in [3.8, 4) is 0 Å². The number of fused-ring (bicyclic) bond motifs is 1. The molecule has 2 rings (SSSR count). The van der Waals surface area contributed by atoms with Crippen LogP contribution in [0.3, 0.4) is 0 Å². The number of hydrogen-bond acceptors (Lipinski definition) is 3. The van der Waals surface area contributed by atoms with E-state index in [1.807, 2.05) is 0 Å². The van der Waals surface area contributed by atoms with Gasteiger partial charge in [0.1, 0.15) is 0 Å². The number of carboxylic acids is 1. The molecule has 6 nitrogen and oxygen atoms in total. The Balaban J connectivity index is 2.21. The fourth-order valence-electron chi connectivity index (χ4n) is 3.05. The molecule has 17 heavy (non-hydrogen) atoms. The average molecular weight is 262 g/mol. The number of carboxylic acid groups (broad SMARTS) is 1. The van der Waals surface area contributed by atoms with E-state index in [4.69, 9.17) is 0 Å². The molecule has 1 heterocycles. The summed E-state index contributed by atoms with van der Waals surface area (Å²) in [6.45, 7) is 2.48. The van der Waals surface area contributed by atoms with Crippen LogP contribution in [0.4, 0.5) is 0 Å². The molecule has 0 aromatic carbocycles. The van der Waals surface area contributed by atoms with Crippen LogP contribution in [-0.2, 0) is 15.0 Å². The Hall–Kier alpha value is -0.660. The van der Waals surface area contributed by atoms with Crippen molar-refractivity contribution >= 4 is 16.2 Å². The molecule has 1 aliphatic carbocycles. The molecular weight excluding hydrogens is 244 g/mol. The van der Waals surface area contributed by atoms with Crippen LogP contribution in [0.5, 0.6) is 0 Å². The van der Waals surface area contributed by atoms with Crippen molar-refractivity contribution in [1.82, 2.24) is 9.03 Å². The number of aliphatic carboxylic acids is 1. The second-order valence-corrected chi connectivity index (χ2v) is 6.60. The molecule has 0 aromatic heterocycles. The van der Waals surface area contributed by atoms with Crippen molar-refractivity contribution < 1.29 is 18.3 Å². The highest BCUT2D eigenvalue weighted by molar-refractivity contribution is 7.87. The normalized spacial score (nSPS) is 33.8. The molecule has 0 amide bonds. The zero-order valence-electron chi connectivity index (χ0n) is 9.85. The van der Waals surface area contributed by atoms with Gasteiger partial charge in [-0.25, -0.2) is 4.72 Å². The Morgan fingerprint density at radius 2 is 2.29 bits per heavy atom. The van der Waals surface area contributed by atoms with Crippen LogP contribution in [0.15, 0.2) is 0 Å². The molecule has 1 saturated heterocycles. The second kappa shape index (κ2) is 4.22. The van der Waals surface area contributed by atoms with Gasteiger partial charge in [0.2, 0.25) is 0 Å². The lowest BCUT2D eigenvalue weighted by atomic mass is 9.81. The van der Waals surface area contributed by atoms with Gasteiger partial charge in [0.25, 0.3) is 10.2 Å². The van der Waals surface area contributed by atoms with E-state index in [0.29, 0.717) is 19.5 Å². The predicted molar refractivity (Wildman–Crippen MR) is 61.6 cm³/mol. The van der Waals surface area contributed by atoms with Gasteiger partial charge in [-0.1, -0.05) is 13.3 Å². The third-order valence-electron chi connectivity index (χ3n) is 3.93. The minimum Gasteiger partial charge on any atom is -0.481 e. The fourth-order valence-corrected chi connectivity index (χ4v) is 4.37. The van der Waals surface area contributed by atoms with Gasteiger partial charge >= 0.3 is 5.97 Å². The van der Waals surface area contributed by atoms with E-state index in [0.717, 1.165) is 12.8 Å². The minimum atomic E-state index is -3.50. The maximum atomic E-state index is 11.9. The van der Waals surface area contributed by atoms with Crippen molar-refractivity contribution in [1.29, 1.82) is 0 Å². The minimum absolute atomic E-state index is 0.0339. The van der Waals surface area contributed by atoms with Gasteiger partial charge in [0, 0.05) is 19.6 Å². The maximum Gasteiger partial charge on any atom is 0.311 e. The summed E-state index contributed by atoms with van der Waals surface area (Å²) in [6, 6.07) is 0. The molecule has 0 bridgehead atoms. The van der Waals surface area contributed by atoms with Gasteiger partial charge in [-0.15, -0.1) is 0 Å². The quantitative estimate of drug-likeness (QED) is 0.748. The highest BCUT2D eigenvalue weighted by atomic mass is 32.2. The zero-order valence-corrected chi connectivity index (χ0v) is 10.7. The summed E-state index contributed by atoms with van der Waals surface area (Å²) < 4.78 is 27.4. The Morgan fingerprint density at radius 1 is 1.59 bits per heavy atom. The van der Waals surface area contributed by atoms with Crippen LogP contribution in [0.1, 0.15) is 26.2 Å². The SMILES string of the molecule is CCNS(=O)(=O)N1C[C@@H]2CCC[C@@]2(C(=O)O)C1. The summed E-state index contributed by atoms with van der Waals surface area (Å²) in [6.07, 6.45) is 2.28. The summed E-state index contributed by atoms with van der Waals surface area (Å²) in [5, 5.41) is 9.35. The Morgan fingerprint density at radius 3 is 2.82 bits per heavy atom. The predicted octanol–water partition coefficient (Wildman–Crippen LogP) is 0.0274. The lowest BCUT2D eigenvalue weighted by Crippen LogP contribution is -2.42. The topological polar surface area (TPSA) is 86.7 Å². The van der Waals surface area contributed by atoms with Crippen LogP contribution in [-0.4, -0.2) is 43.4 Å². The zero-order chi connectivity index (χ0) is 12.7. The fraction of sp³-hybridized carbons (Fsp3) is 0.900. The number of nitrogens with one attached hydrogen (secondary N) is 1. The third-order valence-corrected chi connectivity index (χ3v) is 5.54. The molecule has 1 saturated carbocycles. The van der Waals surface area contributed by atoms with Crippen LogP contribution in [0, 0.1) is 11.3 Å². The molecule has 2 fully saturated rings. The van der Waals surface area contributed by atoms with E-state index in [-0.39, 0.29) is 12.5 Å². The Bertz CT molecular complexity index is 422. The maximum absolute atomic E-state index is 11.9. The second-order valence-electron chi connectivity index (χ2n) is 4.85. The molecule has 98 valence electrons. The molecule has 2 aliphatic rings. The molecule has 1 aliphatic heterocycles. The van der Waals surface area contributed by atoms with E-state index in [1.165, 1.54) is 4.31 Å². The van der Waals surface area contributed by atoms with Crippen molar-refractivity contribution in [3.05, 3.63) is 0 Å². The highest BCUT2D eigenvalue weighted by Gasteiger charge is 2.56. The Kier molecular flexibility index (Phi) is 3.17. The molecule has 0 radical (unpaired) electrons. The smallest absolute Gasteiger partial charge is 0.311 e. The number of hydrogen-bond donors (Lipinski definition) is 2. The lowest BCUT2D eigenvalue weighted by Gasteiger charge is -2.23. The van der Waals surface area contributed by atoms with Crippen molar-refractivity contribution in [2.24, 2.45) is 11.3 Å². The summed E-state index contributed by atoms with van der Waals surface area (Å²) in [7, 11) is -3.50. The van der Waals surface area contributed by atoms with Gasteiger partial charge in [0.05, 0.1) is 5.41 Å². The lowest BCUT2D eigenvalue weighted by molar-refractivity contribution is -0.149. The average Bonchev–Trinajstić information content (AvgIpc) is 2.72. The Labute approximate surface area is 101 Å². The van der Waals surface area contributed by atoms with E-state index in [2.05, 4.69) is 4.72 Å². The first-order valence-electron chi connectivity index (χ1n) is 5.90. The van der Waals surface area contributed by atoms with Crippen LogP contribution in [0.2, 0.25) is 0 Å². The number of carbonyl (C=O) groups is 1. The largest absolute Gasteiger partial charge is 0.481 e. The number of nitrogens with zero attached hydrogens (tertiary/aromatic N) is 1. The van der Waals surface area contributed by atoms with Gasteiger partial charge in [0.15, 0.2) is 0 Å². The van der Waals surface area contributed by atoms with Gasteiger partial charge < -0.3 is 5.11 Å². The van der Waals surface area contributed by atoms with Gasteiger partial charge in [-0.2, -0.15) is 12.7 Å². The van der Waals surface area contributed by atoms with Crippen molar-refractivity contribution in [3.63, 3.8) is 0 Å². The van der Waals surface area contributed by atoms with Crippen LogP contribution in [0.25, 0.3) is 0 Å². The number of rotatable bonds is 4. The molecule has 7 heteroatoms. The molecule has 0 aromatic rings. The monoisotopic (exact) mass is 262 g/mol. The van der Waals surface area contributed by atoms with Gasteiger partial charge in [-0.05, 0) is 18.8 Å². The molecular formula is C10H18N2O4S. The summed E-state index contributed by atoms with van der Waals surface area (Å²) in [5.74, 6) is -0.886. The third kappa shape index (κ3) is 1.96. The van der Waals surface area contributed by atoms with Crippen molar-refractivity contribution in [2.75, 3.05) is 19.6 Å². The summed E-state index contributed by atoms with van der Waals surface area (Å²) >= 11 is 0. The molecule has 0 spiro atoms. The molecule has 0 unspecified atom stereocenters. The van der Waals surface area contributed by atoms with Gasteiger partial charge in [-0.3, -0.25) is 4.79 Å². The van der Waals surface area contributed by atoms with Crippen molar-refractivity contribution in [2.45, 2.75) is 26.2 Å². The standard InChI is InChI=1S/C10H18N2O4S/c1-2-11-17(15,16)12-6-8-4-3-5-10(8,7-12)9(13)14/h8,11H,2-7H2,1H3,(H,13,14)/t8-,10+/m0/s1. The first-order chi connectivity index (χ1) is 7.92. The molecule has 2 N–H and O–H groups in total.